The number of hydrogen-bond acceptors (Lipinski definition) is 4. The lowest BCUT2D eigenvalue weighted by Crippen LogP contribution is -1.86. The van der Waals surface area contributed by atoms with Gasteiger partial charge in [0.2, 0.25) is 0 Å². The number of aliphatic imine (C=N–C) groups is 1. The van der Waals surface area contributed by atoms with Crippen LogP contribution >= 0.6 is 35.7 Å². The number of hydrogen-bond donors (Lipinski definition) is 0. The number of halogens is 1. The average molecular weight is 338 g/mol. The molecule has 0 atom stereocenters. The molecule has 0 spiro atoms. The first kappa shape index (κ1) is 14.4. The van der Waals surface area contributed by atoms with Crippen LogP contribution in [0.15, 0.2) is 29.3 Å². The zero-order valence-corrected chi connectivity index (χ0v) is 11.3. The number of nitro groups is 1. The van der Waals surface area contributed by atoms with Crippen LogP contribution in [0.4, 0.5) is 11.4 Å². The maximum atomic E-state index is 10.4. The zero-order chi connectivity index (χ0) is 10.4. The second kappa shape index (κ2) is 7.63. The minimum absolute atomic E-state index is 0. The van der Waals surface area contributed by atoms with Crippen molar-refractivity contribution in [3.05, 3.63) is 34.4 Å². The van der Waals surface area contributed by atoms with Crippen LogP contribution in [0.5, 0.6) is 0 Å². The molecule has 0 aliphatic heterocycles. The Balaban J connectivity index is 0.00000196. The summed E-state index contributed by atoms with van der Waals surface area (Å²) in [5.41, 5.74) is 0.692. The maximum Gasteiger partial charge on any atom is 0.271 e. The fourth-order valence-corrected chi connectivity index (χ4v) is 1.13. The Bertz CT molecular complexity index is 358. The molecule has 4 nitrogen and oxygen atoms in total. The van der Waals surface area contributed by atoms with Crippen LogP contribution in [-0.2, 0) is 0 Å². The van der Waals surface area contributed by atoms with Crippen molar-refractivity contribution in [1.82, 2.24) is 0 Å². The largest absolute Gasteiger partial charge is 0.271 e. The molecule has 0 radical (unpaired) electrons. The molecule has 1 rings (SSSR count). The summed E-state index contributed by atoms with van der Waals surface area (Å²) < 4.78 is 0. The van der Waals surface area contributed by atoms with Crippen LogP contribution in [0.3, 0.4) is 0 Å². The zero-order valence-electron chi connectivity index (χ0n) is 8.12. The first-order valence-corrected chi connectivity index (χ1v) is 5.39. The van der Waals surface area contributed by atoms with Crippen molar-refractivity contribution in [2.45, 2.75) is 0 Å². The topological polar surface area (TPSA) is 55.5 Å². The lowest BCUT2D eigenvalue weighted by Gasteiger charge is -1.93. The smallest absolute Gasteiger partial charge is 0.260 e. The van der Waals surface area contributed by atoms with Gasteiger partial charge in [-0.1, -0.05) is 6.07 Å². The van der Waals surface area contributed by atoms with Crippen molar-refractivity contribution >= 4 is 53.3 Å². The average Bonchev–Trinajstić information content (AvgIpc) is 2.19. The number of rotatable bonds is 4. The summed E-state index contributed by atoms with van der Waals surface area (Å²) in [5, 5.41) is 10.4. The predicted molar refractivity (Wildman–Crippen MR) is 75.0 cm³/mol. The highest BCUT2D eigenvalue weighted by atomic mass is 127. The molecule has 0 heterocycles. The monoisotopic (exact) mass is 338 g/mol. The standard InChI is InChI=1S/C9H10N2O2S.HI/c1-14-6-5-10-8-3-2-4-9(7-8)11(12)13;/h2-5,7H,6H2,1H3;1H/b10-5+;. The van der Waals surface area contributed by atoms with E-state index in [0.29, 0.717) is 5.69 Å². The van der Waals surface area contributed by atoms with Gasteiger partial charge in [0, 0.05) is 24.1 Å². The first-order valence-electron chi connectivity index (χ1n) is 4.00. The van der Waals surface area contributed by atoms with Crippen LogP contribution in [0.25, 0.3) is 0 Å². The third-order valence-electron chi connectivity index (χ3n) is 1.52. The highest BCUT2D eigenvalue weighted by Gasteiger charge is 2.03. The number of benzene rings is 1. The second-order valence-corrected chi connectivity index (χ2v) is 3.45. The van der Waals surface area contributed by atoms with Crippen LogP contribution in [0.2, 0.25) is 0 Å². The van der Waals surface area contributed by atoms with Gasteiger partial charge in [0.05, 0.1) is 10.6 Å². The molecule has 0 N–H and O–H groups in total. The summed E-state index contributed by atoms with van der Waals surface area (Å²) in [7, 11) is 0. The summed E-state index contributed by atoms with van der Waals surface area (Å²) in [4.78, 5) is 14.1. The van der Waals surface area contributed by atoms with Crippen molar-refractivity contribution in [2.24, 2.45) is 4.99 Å². The number of nitro benzene ring substituents is 1. The minimum Gasteiger partial charge on any atom is -0.260 e. The van der Waals surface area contributed by atoms with Gasteiger partial charge in [0.25, 0.3) is 5.69 Å². The lowest BCUT2D eigenvalue weighted by molar-refractivity contribution is -0.384. The van der Waals surface area contributed by atoms with Gasteiger partial charge in [-0.15, -0.1) is 24.0 Å². The molecule has 0 aliphatic carbocycles. The third kappa shape index (κ3) is 5.12. The van der Waals surface area contributed by atoms with Crippen molar-refractivity contribution in [3.63, 3.8) is 0 Å². The number of non-ortho nitro benzene ring substituents is 1. The molecule has 0 aliphatic rings. The molecule has 0 aromatic heterocycles. The second-order valence-electron chi connectivity index (χ2n) is 2.54. The van der Waals surface area contributed by atoms with Crippen LogP contribution in [0, 0.1) is 10.1 Å². The van der Waals surface area contributed by atoms with E-state index in [1.165, 1.54) is 12.1 Å². The molecule has 82 valence electrons. The molecular weight excluding hydrogens is 327 g/mol. The molecule has 0 unspecified atom stereocenters. The van der Waals surface area contributed by atoms with Crippen LogP contribution in [0.1, 0.15) is 0 Å². The Morgan fingerprint density at radius 1 is 1.60 bits per heavy atom. The molecule has 0 saturated heterocycles. The Kier molecular flexibility index (Phi) is 7.31. The van der Waals surface area contributed by atoms with E-state index in [-0.39, 0.29) is 29.7 Å². The maximum absolute atomic E-state index is 10.4. The van der Waals surface area contributed by atoms with Crippen molar-refractivity contribution in [1.29, 1.82) is 0 Å². The van der Waals surface area contributed by atoms with Crippen LogP contribution in [-0.4, -0.2) is 23.1 Å². The van der Waals surface area contributed by atoms with Crippen LogP contribution < -0.4 is 0 Å². The fraction of sp³-hybridized carbons (Fsp3) is 0.222. The van der Waals surface area contributed by atoms with Crippen molar-refractivity contribution in [2.75, 3.05) is 12.0 Å². The van der Waals surface area contributed by atoms with E-state index in [9.17, 15) is 10.1 Å². The molecule has 1 aromatic carbocycles. The quantitative estimate of drug-likeness (QED) is 0.366. The van der Waals surface area contributed by atoms with E-state index in [0.717, 1.165) is 5.75 Å². The van der Waals surface area contributed by atoms with Crippen molar-refractivity contribution in [3.8, 4) is 0 Å². The molecule has 15 heavy (non-hydrogen) atoms. The van der Waals surface area contributed by atoms with Gasteiger partial charge in [0.1, 0.15) is 0 Å². The van der Waals surface area contributed by atoms with Gasteiger partial charge in [-0.25, -0.2) is 0 Å². The van der Waals surface area contributed by atoms with Gasteiger partial charge in [0.15, 0.2) is 0 Å². The third-order valence-corrected chi connectivity index (χ3v) is 2.00. The summed E-state index contributed by atoms with van der Waals surface area (Å²) in [5.74, 6) is 0.808. The molecule has 0 amide bonds. The number of nitrogens with zero attached hydrogens (tertiary/aromatic N) is 2. The first-order chi connectivity index (χ1) is 6.74. The molecular formula is C9H11IN2O2S. The van der Waals surface area contributed by atoms with E-state index >= 15 is 0 Å². The van der Waals surface area contributed by atoms with Gasteiger partial charge in [-0.3, -0.25) is 15.1 Å². The van der Waals surface area contributed by atoms with Crippen molar-refractivity contribution < 1.29 is 4.92 Å². The molecule has 0 fully saturated rings. The molecule has 1 aromatic rings. The molecule has 0 saturated carbocycles. The van der Waals surface area contributed by atoms with Gasteiger partial charge in [-0.2, -0.15) is 11.8 Å². The van der Waals surface area contributed by atoms with Gasteiger partial charge < -0.3 is 0 Å². The van der Waals surface area contributed by atoms with E-state index in [1.807, 2.05) is 6.26 Å². The van der Waals surface area contributed by atoms with E-state index < -0.39 is 4.92 Å². The summed E-state index contributed by atoms with van der Waals surface area (Å²) in [6.45, 7) is 0. The Labute approximate surface area is 109 Å². The summed E-state index contributed by atoms with van der Waals surface area (Å²) in [6, 6.07) is 6.28. The SMILES string of the molecule is CSC/C=N/c1cccc([N+](=O)[O-])c1.I. The minimum atomic E-state index is -0.423. The summed E-state index contributed by atoms with van der Waals surface area (Å²) in [6.07, 6.45) is 3.71. The van der Waals surface area contributed by atoms with E-state index in [4.69, 9.17) is 0 Å². The Morgan fingerprint density at radius 2 is 2.33 bits per heavy atom. The van der Waals surface area contributed by atoms with Gasteiger partial charge in [-0.05, 0) is 12.3 Å². The highest BCUT2D eigenvalue weighted by Crippen LogP contribution is 2.19. The van der Waals surface area contributed by atoms with E-state index in [1.54, 1.807) is 30.1 Å². The fourth-order valence-electron chi connectivity index (χ4n) is 0.904. The molecule has 0 bridgehead atoms. The summed E-state index contributed by atoms with van der Waals surface area (Å²) >= 11 is 1.65. The highest BCUT2D eigenvalue weighted by molar-refractivity contribution is 14.0. The normalized spacial score (nSPS) is 9.93. The Morgan fingerprint density at radius 3 is 2.93 bits per heavy atom. The van der Waals surface area contributed by atoms with Gasteiger partial charge >= 0.3 is 0 Å². The number of thioether (sulfide) groups is 1. The lowest BCUT2D eigenvalue weighted by atomic mass is 10.3. The predicted octanol–water partition coefficient (Wildman–Crippen LogP) is 3.28. The Hall–Kier alpha value is -0.630. The molecule has 6 heteroatoms. The van der Waals surface area contributed by atoms with E-state index in [2.05, 4.69) is 4.99 Å².